The summed E-state index contributed by atoms with van der Waals surface area (Å²) in [5, 5.41) is 3.55. The van der Waals surface area contributed by atoms with Crippen molar-refractivity contribution in [1.82, 2.24) is 18.9 Å². The van der Waals surface area contributed by atoms with Crippen LogP contribution in [0.25, 0.3) is 53.9 Å². The maximum absolute atomic E-state index is 4.54. The van der Waals surface area contributed by atoms with Gasteiger partial charge in [-0.05, 0) is 27.8 Å². The zero-order chi connectivity index (χ0) is 24.6. The van der Waals surface area contributed by atoms with Crippen molar-refractivity contribution >= 4 is 49.0 Å². The molecule has 4 aromatic carbocycles. The third kappa shape index (κ3) is 4.23. The third-order valence-electron chi connectivity index (χ3n) is 6.37. The van der Waals surface area contributed by atoms with E-state index in [1.165, 1.54) is 20.9 Å². The monoisotopic (exact) mass is 685 g/mol. The molecule has 0 amide bonds. The van der Waals surface area contributed by atoms with Crippen molar-refractivity contribution in [1.29, 1.82) is 0 Å². The Morgan fingerprint density at radius 3 is 2.37 bits per heavy atom. The molecule has 4 aromatic heterocycles. The largest absolute Gasteiger partial charge is 0.303 e. The molecule has 8 aromatic rings. The molecular formula is C32H20IrN4S-2. The molecule has 6 heteroatoms. The minimum Gasteiger partial charge on any atom is -0.303 e. The van der Waals surface area contributed by atoms with Gasteiger partial charge in [0.2, 0.25) is 5.78 Å². The molecule has 0 N–H and O–H groups in total. The van der Waals surface area contributed by atoms with Crippen LogP contribution in [0.2, 0.25) is 0 Å². The summed E-state index contributed by atoms with van der Waals surface area (Å²) in [5.74, 6) is 0.911. The second-order valence-electron chi connectivity index (χ2n) is 8.60. The molecule has 0 fully saturated rings. The zero-order valence-corrected chi connectivity index (χ0v) is 23.3. The average Bonchev–Trinajstić information content (AvgIpc) is 3.68. The van der Waals surface area contributed by atoms with Crippen LogP contribution in [0.4, 0.5) is 0 Å². The summed E-state index contributed by atoms with van der Waals surface area (Å²) in [7, 11) is 0. The van der Waals surface area contributed by atoms with Crippen LogP contribution in [-0.4, -0.2) is 18.9 Å². The van der Waals surface area contributed by atoms with E-state index in [1.807, 2.05) is 48.9 Å². The molecule has 185 valence electrons. The fraction of sp³-hybridized carbons (Fsp3) is 0. The molecule has 0 saturated carbocycles. The molecule has 1 radical (unpaired) electrons. The standard InChI is InChI=1S/C19H12N3.C13H8NS.Ir/c1-2-8-15-14(6-1)7-5-11-16(15)22-18-10-4-3-9-17(18)21-13-12-20-19(21)22;1-2-7-12-10(5-1)9-13(15-12)11-6-3-4-8-14-11;/h1-10,12-13H;1-8H;/q2*-1;. The second kappa shape index (κ2) is 10.3. The van der Waals surface area contributed by atoms with E-state index in [-0.39, 0.29) is 20.1 Å². The minimum atomic E-state index is 0. The number of para-hydroxylation sites is 2. The molecule has 0 atom stereocenters. The Bertz CT molecular complexity index is 1960. The number of aromatic nitrogens is 4. The van der Waals surface area contributed by atoms with E-state index < -0.39 is 0 Å². The fourth-order valence-electron chi connectivity index (χ4n) is 4.70. The number of pyridine rings is 1. The molecule has 8 rings (SSSR count). The van der Waals surface area contributed by atoms with Gasteiger partial charge in [0.15, 0.2) is 0 Å². The molecule has 0 aliphatic carbocycles. The van der Waals surface area contributed by atoms with Crippen LogP contribution >= 0.6 is 11.3 Å². The number of imidazole rings is 2. The van der Waals surface area contributed by atoms with Crippen molar-refractivity contribution in [2.75, 3.05) is 0 Å². The number of nitrogens with zero attached hydrogens (tertiary/aromatic N) is 4. The van der Waals surface area contributed by atoms with Gasteiger partial charge in [-0.25, -0.2) is 16.3 Å². The summed E-state index contributed by atoms with van der Waals surface area (Å²) in [6, 6.07) is 41.8. The molecule has 0 aliphatic heterocycles. The summed E-state index contributed by atoms with van der Waals surface area (Å²) >= 11 is 1.73. The molecule has 4 heterocycles. The van der Waals surface area contributed by atoms with Crippen LogP contribution in [0, 0.1) is 12.1 Å². The van der Waals surface area contributed by atoms with Crippen molar-refractivity contribution < 1.29 is 20.1 Å². The topological polar surface area (TPSA) is 35.1 Å². The van der Waals surface area contributed by atoms with Crippen molar-refractivity contribution in [3.63, 3.8) is 0 Å². The average molecular weight is 685 g/mol. The van der Waals surface area contributed by atoms with Gasteiger partial charge in [-0.2, -0.15) is 18.2 Å². The molecule has 0 unspecified atom stereocenters. The van der Waals surface area contributed by atoms with Gasteiger partial charge in [-0.3, -0.25) is 4.40 Å². The van der Waals surface area contributed by atoms with Crippen LogP contribution in [0.3, 0.4) is 0 Å². The van der Waals surface area contributed by atoms with Crippen molar-refractivity contribution in [3.05, 3.63) is 134 Å². The van der Waals surface area contributed by atoms with Gasteiger partial charge < -0.3 is 9.55 Å². The van der Waals surface area contributed by atoms with E-state index in [2.05, 4.69) is 104 Å². The molecule has 0 saturated heterocycles. The first-order valence-corrected chi connectivity index (χ1v) is 12.8. The van der Waals surface area contributed by atoms with Crippen molar-refractivity contribution in [2.45, 2.75) is 0 Å². The van der Waals surface area contributed by atoms with Gasteiger partial charge in [-0.15, -0.1) is 40.4 Å². The van der Waals surface area contributed by atoms with E-state index in [0.29, 0.717) is 0 Å². The summed E-state index contributed by atoms with van der Waals surface area (Å²) in [6.07, 6.45) is 5.65. The molecular weight excluding hydrogens is 665 g/mol. The first-order chi connectivity index (χ1) is 18.4. The summed E-state index contributed by atoms with van der Waals surface area (Å²) in [5.41, 5.74) is 4.32. The number of benzene rings is 4. The number of thiophene rings is 1. The predicted octanol–water partition coefficient (Wildman–Crippen LogP) is 7.99. The van der Waals surface area contributed by atoms with Crippen LogP contribution in [-0.2, 0) is 20.1 Å². The Kier molecular flexibility index (Phi) is 6.60. The fourth-order valence-corrected chi connectivity index (χ4v) is 5.68. The zero-order valence-electron chi connectivity index (χ0n) is 20.1. The van der Waals surface area contributed by atoms with Gasteiger partial charge in [0.25, 0.3) is 0 Å². The maximum Gasteiger partial charge on any atom is 0.217 e. The molecule has 38 heavy (non-hydrogen) atoms. The number of fused-ring (bicyclic) bond motifs is 5. The maximum atomic E-state index is 4.54. The van der Waals surface area contributed by atoms with Crippen molar-refractivity contribution in [2.24, 2.45) is 0 Å². The van der Waals surface area contributed by atoms with E-state index in [0.717, 1.165) is 33.1 Å². The van der Waals surface area contributed by atoms with Crippen LogP contribution < -0.4 is 0 Å². The molecule has 0 bridgehead atoms. The summed E-state index contributed by atoms with van der Waals surface area (Å²) in [6.45, 7) is 0. The Balaban J connectivity index is 0.000000145. The van der Waals surface area contributed by atoms with Gasteiger partial charge in [0, 0.05) is 44.4 Å². The van der Waals surface area contributed by atoms with E-state index >= 15 is 0 Å². The Morgan fingerprint density at radius 1 is 0.711 bits per heavy atom. The van der Waals surface area contributed by atoms with Gasteiger partial charge in [0.05, 0.1) is 11.0 Å². The van der Waals surface area contributed by atoms with Gasteiger partial charge in [0.1, 0.15) is 0 Å². The Morgan fingerprint density at radius 2 is 1.50 bits per heavy atom. The summed E-state index contributed by atoms with van der Waals surface area (Å²) in [4.78, 5) is 9.98. The second-order valence-corrected chi connectivity index (χ2v) is 9.65. The van der Waals surface area contributed by atoms with Crippen molar-refractivity contribution in [3.8, 4) is 16.3 Å². The molecule has 0 spiro atoms. The quantitative estimate of drug-likeness (QED) is 0.173. The van der Waals surface area contributed by atoms with Crippen LogP contribution in [0.1, 0.15) is 0 Å². The first-order valence-electron chi connectivity index (χ1n) is 12.0. The smallest absolute Gasteiger partial charge is 0.217 e. The minimum absolute atomic E-state index is 0. The SMILES string of the molecule is [Ir].[c-]1c(-c2ccccn2)sc2ccccc12.[c-]1ccc2ccccc2c1-n1c2ccccc2n2ccnc12. The van der Waals surface area contributed by atoms with Crippen LogP contribution in [0.5, 0.6) is 0 Å². The van der Waals surface area contributed by atoms with Gasteiger partial charge >= 0.3 is 0 Å². The normalized spacial score (nSPS) is 10.9. The van der Waals surface area contributed by atoms with Gasteiger partial charge in [-0.1, -0.05) is 60.3 Å². The Labute approximate surface area is 237 Å². The number of hydrogen-bond donors (Lipinski definition) is 0. The molecule has 0 aliphatic rings. The Hall–Kier alpha value is -4.09. The predicted molar refractivity (Wildman–Crippen MR) is 152 cm³/mol. The molecule has 4 nitrogen and oxygen atoms in total. The summed E-state index contributed by atoms with van der Waals surface area (Å²) < 4.78 is 5.56. The van der Waals surface area contributed by atoms with E-state index in [1.54, 1.807) is 11.3 Å². The van der Waals surface area contributed by atoms with E-state index in [4.69, 9.17) is 0 Å². The number of rotatable bonds is 2. The number of hydrogen-bond acceptors (Lipinski definition) is 3. The first kappa shape index (κ1) is 24.3. The third-order valence-corrected chi connectivity index (χ3v) is 7.46. The van der Waals surface area contributed by atoms with E-state index in [9.17, 15) is 0 Å². The van der Waals surface area contributed by atoms with Crippen LogP contribution in [0.15, 0.2) is 122 Å².